The number of nitrogens with zero attached hydrogens (tertiary/aromatic N) is 3. The molecule has 0 aliphatic carbocycles. The van der Waals surface area contributed by atoms with Crippen molar-refractivity contribution in [1.82, 2.24) is 5.01 Å². The molecular formula is C6H11N3. The molecule has 3 heteroatoms. The predicted molar refractivity (Wildman–Crippen MR) is 37.0 cm³/mol. The lowest BCUT2D eigenvalue weighted by molar-refractivity contribution is 0.399. The number of hydrazone groups is 1. The Morgan fingerprint density at radius 3 is 2.56 bits per heavy atom. The lowest BCUT2D eigenvalue weighted by Crippen LogP contribution is -2.12. The van der Waals surface area contributed by atoms with Crippen LogP contribution in [0.25, 0.3) is 0 Å². The quantitative estimate of drug-likeness (QED) is 0.311. The Labute approximate surface area is 55.6 Å². The van der Waals surface area contributed by atoms with Crippen molar-refractivity contribution in [3.05, 3.63) is 0 Å². The van der Waals surface area contributed by atoms with Crippen molar-refractivity contribution in [3.63, 3.8) is 0 Å². The highest BCUT2D eigenvalue weighted by atomic mass is 15.4. The molecule has 0 aliphatic rings. The van der Waals surface area contributed by atoms with Crippen LogP contribution in [0.1, 0.15) is 13.8 Å². The molecule has 50 valence electrons. The largest absolute Gasteiger partial charge is 0.286 e. The second-order valence-electron chi connectivity index (χ2n) is 2.02. The van der Waals surface area contributed by atoms with Crippen LogP contribution in [-0.4, -0.2) is 24.3 Å². The summed E-state index contributed by atoms with van der Waals surface area (Å²) in [6.45, 7) is 4.15. The Morgan fingerprint density at radius 1 is 1.67 bits per heavy atom. The molecule has 9 heavy (non-hydrogen) atoms. The molecule has 0 saturated heterocycles. The summed E-state index contributed by atoms with van der Waals surface area (Å²) in [5, 5.41) is 13.8. The van der Waals surface area contributed by atoms with Crippen molar-refractivity contribution in [1.29, 1.82) is 5.26 Å². The summed E-state index contributed by atoms with van der Waals surface area (Å²) in [7, 11) is 1.77. The van der Waals surface area contributed by atoms with E-state index in [1.807, 2.05) is 19.9 Å². The molecule has 0 radical (unpaired) electrons. The van der Waals surface area contributed by atoms with Crippen molar-refractivity contribution >= 4 is 5.71 Å². The first-order chi connectivity index (χ1) is 4.16. The molecule has 0 aliphatic heterocycles. The summed E-state index contributed by atoms with van der Waals surface area (Å²) < 4.78 is 0. The molecule has 0 unspecified atom stereocenters. The highest BCUT2D eigenvalue weighted by molar-refractivity contribution is 5.78. The fourth-order valence-electron chi connectivity index (χ4n) is 0.479. The van der Waals surface area contributed by atoms with Gasteiger partial charge in [-0.25, -0.2) is 0 Å². The van der Waals surface area contributed by atoms with Gasteiger partial charge in [0.2, 0.25) is 0 Å². The first kappa shape index (κ1) is 7.96. The van der Waals surface area contributed by atoms with E-state index in [4.69, 9.17) is 5.26 Å². The van der Waals surface area contributed by atoms with Crippen LogP contribution in [0, 0.1) is 11.3 Å². The highest BCUT2D eigenvalue weighted by Gasteiger charge is 1.87. The number of hydrogen-bond donors (Lipinski definition) is 0. The van der Waals surface area contributed by atoms with Gasteiger partial charge in [-0.3, -0.25) is 5.01 Å². The van der Waals surface area contributed by atoms with Crippen molar-refractivity contribution in [2.45, 2.75) is 13.8 Å². The van der Waals surface area contributed by atoms with Crippen LogP contribution in [0.3, 0.4) is 0 Å². The highest BCUT2D eigenvalue weighted by Crippen LogP contribution is 1.82. The van der Waals surface area contributed by atoms with Gasteiger partial charge in [0.1, 0.15) is 6.54 Å². The molecule has 0 aromatic carbocycles. The Morgan fingerprint density at radius 2 is 2.22 bits per heavy atom. The molecular weight excluding hydrogens is 114 g/mol. The molecule has 0 bridgehead atoms. The molecule has 0 aromatic rings. The summed E-state index contributed by atoms with van der Waals surface area (Å²) >= 11 is 0. The lowest BCUT2D eigenvalue weighted by atomic mass is 10.5. The van der Waals surface area contributed by atoms with Gasteiger partial charge in [-0.05, 0) is 13.8 Å². The molecule has 0 fully saturated rings. The number of rotatable bonds is 2. The Balaban J connectivity index is 3.65. The summed E-state index contributed by atoms with van der Waals surface area (Å²) in [6.07, 6.45) is 0. The van der Waals surface area contributed by atoms with Crippen molar-refractivity contribution in [2.24, 2.45) is 5.10 Å². The van der Waals surface area contributed by atoms with Gasteiger partial charge in [-0.1, -0.05) is 0 Å². The van der Waals surface area contributed by atoms with Gasteiger partial charge < -0.3 is 0 Å². The molecule has 0 N–H and O–H groups in total. The van der Waals surface area contributed by atoms with E-state index in [-0.39, 0.29) is 0 Å². The third kappa shape index (κ3) is 4.82. The smallest absolute Gasteiger partial charge is 0.122 e. The molecule has 0 spiro atoms. The van der Waals surface area contributed by atoms with E-state index in [0.29, 0.717) is 6.54 Å². The molecule has 0 rings (SSSR count). The van der Waals surface area contributed by atoms with Crippen LogP contribution in [0.15, 0.2) is 5.10 Å². The Hall–Kier alpha value is -1.04. The minimum atomic E-state index is 0.352. The van der Waals surface area contributed by atoms with Gasteiger partial charge in [-0.15, -0.1) is 0 Å². The standard InChI is InChI=1S/C6H11N3/c1-6(2)8-9(3)5-4-7/h5H2,1-3H3. The van der Waals surface area contributed by atoms with Crippen LogP contribution in [0.4, 0.5) is 0 Å². The molecule has 0 heterocycles. The van der Waals surface area contributed by atoms with Crippen LogP contribution in [-0.2, 0) is 0 Å². The van der Waals surface area contributed by atoms with Gasteiger partial charge in [0.15, 0.2) is 0 Å². The van der Waals surface area contributed by atoms with E-state index < -0.39 is 0 Å². The lowest BCUT2D eigenvalue weighted by Gasteiger charge is -2.06. The fraction of sp³-hybridized carbons (Fsp3) is 0.667. The van der Waals surface area contributed by atoms with E-state index in [2.05, 4.69) is 5.10 Å². The van der Waals surface area contributed by atoms with Crippen LogP contribution in [0.5, 0.6) is 0 Å². The van der Waals surface area contributed by atoms with Crippen molar-refractivity contribution in [3.8, 4) is 6.07 Å². The molecule has 0 aromatic heterocycles. The first-order valence-electron chi connectivity index (χ1n) is 2.76. The van der Waals surface area contributed by atoms with Crippen LogP contribution < -0.4 is 0 Å². The molecule has 0 amide bonds. The number of nitriles is 1. The van der Waals surface area contributed by atoms with Crippen LogP contribution >= 0.6 is 0 Å². The maximum absolute atomic E-state index is 8.19. The minimum absolute atomic E-state index is 0.352. The van der Waals surface area contributed by atoms with Crippen molar-refractivity contribution in [2.75, 3.05) is 13.6 Å². The fourth-order valence-corrected chi connectivity index (χ4v) is 0.479. The Bertz CT molecular complexity index is 139. The molecule has 3 nitrogen and oxygen atoms in total. The normalized spacial score (nSPS) is 7.78. The molecule has 0 atom stereocenters. The molecule has 0 saturated carbocycles. The van der Waals surface area contributed by atoms with E-state index in [0.717, 1.165) is 5.71 Å². The zero-order valence-corrected chi connectivity index (χ0v) is 6.05. The summed E-state index contributed by atoms with van der Waals surface area (Å²) in [4.78, 5) is 0. The zero-order chi connectivity index (χ0) is 7.28. The van der Waals surface area contributed by atoms with Gasteiger partial charge in [-0.2, -0.15) is 10.4 Å². The number of hydrogen-bond acceptors (Lipinski definition) is 3. The Kier molecular flexibility index (Phi) is 3.45. The monoisotopic (exact) mass is 125 g/mol. The topological polar surface area (TPSA) is 39.4 Å². The summed E-state index contributed by atoms with van der Waals surface area (Å²) in [5.41, 5.74) is 0.966. The van der Waals surface area contributed by atoms with E-state index in [1.54, 1.807) is 12.1 Å². The zero-order valence-electron chi connectivity index (χ0n) is 6.05. The SMILES string of the molecule is CC(C)=NN(C)CC#N. The maximum Gasteiger partial charge on any atom is 0.122 e. The summed E-state index contributed by atoms with van der Waals surface area (Å²) in [6, 6.07) is 1.99. The van der Waals surface area contributed by atoms with Gasteiger partial charge >= 0.3 is 0 Å². The minimum Gasteiger partial charge on any atom is -0.286 e. The maximum atomic E-state index is 8.19. The average Bonchev–Trinajstić information content (AvgIpc) is 1.63. The van der Waals surface area contributed by atoms with E-state index >= 15 is 0 Å². The van der Waals surface area contributed by atoms with Gasteiger partial charge in [0.25, 0.3) is 0 Å². The van der Waals surface area contributed by atoms with Gasteiger partial charge in [0.05, 0.1) is 6.07 Å². The second kappa shape index (κ2) is 3.90. The van der Waals surface area contributed by atoms with E-state index in [9.17, 15) is 0 Å². The van der Waals surface area contributed by atoms with Crippen LogP contribution in [0.2, 0.25) is 0 Å². The third-order valence-electron chi connectivity index (χ3n) is 0.670. The second-order valence-corrected chi connectivity index (χ2v) is 2.02. The predicted octanol–water partition coefficient (Wildman–Crippen LogP) is 0.838. The van der Waals surface area contributed by atoms with Gasteiger partial charge in [0, 0.05) is 12.8 Å². The summed E-state index contributed by atoms with van der Waals surface area (Å²) in [5.74, 6) is 0. The van der Waals surface area contributed by atoms with E-state index in [1.165, 1.54) is 0 Å². The first-order valence-corrected chi connectivity index (χ1v) is 2.76. The van der Waals surface area contributed by atoms with Crippen molar-refractivity contribution < 1.29 is 0 Å². The average molecular weight is 125 g/mol. The third-order valence-corrected chi connectivity index (χ3v) is 0.670.